The van der Waals surface area contributed by atoms with Gasteiger partial charge in [-0.15, -0.1) is 0 Å². The highest BCUT2D eigenvalue weighted by molar-refractivity contribution is 5.80. The van der Waals surface area contributed by atoms with Crippen LogP contribution < -0.4 is 10.6 Å². The SMILES string of the molecule is CCCCCC(C)NC(=NCc1ccnc(-n2cccn2)c1)NCC. The van der Waals surface area contributed by atoms with Gasteiger partial charge in [-0.05, 0) is 44.0 Å². The van der Waals surface area contributed by atoms with Crippen molar-refractivity contribution in [1.29, 1.82) is 0 Å². The molecular formula is C19H30N6. The highest BCUT2D eigenvalue weighted by Gasteiger charge is 2.05. The Morgan fingerprint density at radius 3 is 2.88 bits per heavy atom. The lowest BCUT2D eigenvalue weighted by Crippen LogP contribution is -2.42. The average Bonchev–Trinajstić information content (AvgIpc) is 3.15. The lowest BCUT2D eigenvalue weighted by atomic mass is 10.1. The summed E-state index contributed by atoms with van der Waals surface area (Å²) in [4.78, 5) is 9.07. The third-order valence-corrected chi connectivity index (χ3v) is 3.94. The monoisotopic (exact) mass is 342 g/mol. The van der Waals surface area contributed by atoms with Crippen molar-refractivity contribution in [3.8, 4) is 5.82 Å². The maximum absolute atomic E-state index is 4.71. The van der Waals surface area contributed by atoms with Gasteiger partial charge >= 0.3 is 0 Å². The van der Waals surface area contributed by atoms with Crippen molar-refractivity contribution in [3.63, 3.8) is 0 Å². The van der Waals surface area contributed by atoms with Crippen LogP contribution >= 0.6 is 0 Å². The zero-order valence-corrected chi connectivity index (χ0v) is 15.6. The number of nitrogens with one attached hydrogen (secondary N) is 2. The van der Waals surface area contributed by atoms with Crippen molar-refractivity contribution < 1.29 is 0 Å². The van der Waals surface area contributed by atoms with Crippen molar-refractivity contribution in [2.24, 2.45) is 4.99 Å². The van der Waals surface area contributed by atoms with E-state index < -0.39 is 0 Å². The molecular weight excluding hydrogens is 312 g/mol. The lowest BCUT2D eigenvalue weighted by Gasteiger charge is -2.17. The third-order valence-electron chi connectivity index (χ3n) is 3.94. The molecule has 1 unspecified atom stereocenters. The Morgan fingerprint density at radius 1 is 1.28 bits per heavy atom. The molecule has 6 nitrogen and oxygen atoms in total. The van der Waals surface area contributed by atoms with E-state index in [0.717, 1.165) is 30.3 Å². The first-order valence-electron chi connectivity index (χ1n) is 9.22. The first-order chi connectivity index (χ1) is 12.2. The van der Waals surface area contributed by atoms with Crippen molar-refractivity contribution in [2.45, 2.75) is 59.0 Å². The van der Waals surface area contributed by atoms with Crippen LogP contribution in [0.2, 0.25) is 0 Å². The lowest BCUT2D eigenvalue weighted by molar-refractivity contribution is 0.547. The normalized spacial score (nSPS) is 12.8. The molecule has 0 aliphatic carbocycles. The van der Waals surface area contributed by atoms with E-state index in [1.165, 1.54) is 19.3 Å². The molecule has 25 heavy (non-hydrogen) atoms. The Bertz CT molecular complexity index is 635. The second kappa shape index (κ2) is 10.5. The molecule has 0 amide bonds. The summed E-state index contributed by atoms with van der Waals surface area (Å²) in [5.74, 6) is 1.67. The third kappa shape index (κ3) is 6.57. The van der Waals surface area contributed by atoms with Gasteiger partial charge in [0.2, 0.25) is 0 Å². The number of pyridine rings is 1. The van der Waals surface area contributed by atoms with E-state index in [0.29, 0.717) is 12.6 Å². The number of guanidine groups is 1. The van der Waals surface area contributed by atoms with Gasteiger partial charge in [-0.2, -0.15) is 5.10 Å². The molecule has 6 heteroatoms. The summed E-state index contributed by atoms with van der Waals surface area (Å²) < 4.78 is 1.76. The minimum atomic E-state index is 0.418. The number of rotatable bonds is 9. The summed E-state index contributed by atoms with van der Waals surface area (Å²) in [6, 6.07) is 6.32. The molecule has 0 fully saturated rings. The summed E-state index contributed by atoms with van der Waals surface area (Å²) in [6.07, 6.45) is 10.4. The topological polar surface area (TPSA) is 67.1 Å². The highest BCUT2D eigenvalue weighted by atomic mass is 15.3. The maximum atomic E-state index is 4.71. The van der Waals surface area contributed by atoms with Crippen molar-refractivity contribution in [1.82, 2.24) is 25.4 Å². The van der Waals surface area contributed by atoms with Crippen molar-refractivity contribution >= 4 is 5.96 Å². The van der Waals surface area contributed by atoms with Crippen molar-refractivity contribution in [2.75, 3.05) is 6.54 Å². The van der Waals surface area contributed by atoms with Gasteiger partial charge in [0.25, 0.3) is 0 Å². The number of nitrogens with zero attached hydrogens (tertiary/aromatic N) is 4. The minimum absolute atomic E-state index is 0.418. The van der Waals surface area contributed by atoms with Crippen LogP contribution in [0.15, 0.2) is 41.8 Å². The van der Waals surface area contributed by atoms with Gasteiger partial charge in [0.1, 0.15) is 0 Å². The molecule has 2 heterocycles. The van der Waals surface area contributed by atoms with E-state index in [9.17, 15) is 0 Å². The van der Waals surface area contributed by atoms with Crippen LogP contribution in [-0.2, 0) is 6.54 Å². The first-order valence-corrected chi connectivity index (χ1v) is 9.22. The van der Waals surface area contributed by atoms with E-state index in [-0.39, 0.29) is 0 Å². The molecule has 2 rings (SSSR count). The largest absolute Gasteiger partial charge is 0.357 e. The van der Waals surface area contributed by atoms with E-state index in [4.69, 9.17) is 4.99 Å². The Morgan fingerprint density at radius 2 is 2.16 bits per heavy atom. The van der Waals surface area contributed by atoms with Crippen LogP contribution in [0.5, 0.6) is 0 Å². The Balaban J connectivity index is 1.97. The second-order valence-corrected chi connectivity index (χ2v) is 6.21. The summed E-state index contributed by atoms with van der Waals surface area (Å²) >= 11 is 0. The maximum Gasteiger partial charge on any atom is 0.191 e. The van der Waals surface area contributed by atoms with Crippen LogP contribution in [0.4, 0.5) is 0 Å². The molecule has 0 saturated heterocycles. The van der Waals surface area contributed by atoms with Crippen LogP contribution in [0.25, 0.3) is 5.82 Å². The van der Waals surface area contributed by atoms with Gasteiger partial charge in [-0.25, -0.2) is 14.7 Å². The zero-order chi connectivity index (χ0) is 17.9. The number of unbranched alkanes of at least 4 members (excludes halogenated alkanes) is 2. The Hall–Kier alpha value is -2.37. The molecule has 2 aromatic heterocycles. The van der Waals surface area contributed by atoms with Crippen LogP contribution in [0, 0.1) is 0 Å². The quantitative estimate of drug-likeness (QED) is 0.417. The van der Waals surface area contributed by atoms with Crippen molar-refractivity contribution in [3.05, 3.63) is 42.4 Å². The number of aliphatic imine (C=N–C) groups is 1. The van der Waals surface area contributed by atoms with Gasteiger partial charge in [-0.3, -0.25) is 0 Å². The predicted molar refractivity (Wildman–Crippen MR) is 103 cm³/mol. The van der Waals surface area contributed by atoms with E-state index in [2.05, 4.69) is 41.5 Å². The van der Waals surface area contributed by atoms with Gasteiger partial charge < -0.3 is 10.6 Å². The number of aromatic nitrogens is 3. The Kier molecular flexibility index (Phi) is 7.95. The first kappa shape index (κ1) is 19.0. The standard InChI is InChI=1S/C19H30N6/c1-4-6-7-9-16(3)24-19(20-5-2)22-15-17-10-12-21-18(14-17)25-13-8-11-23-25/h8,10-14,16H,4-7,9,15H2,1-3H3,(H2,20,22,24). The molecule has 2 aromatic rings. The number of hydrogen-bond acceptors (Lipinski definition) is 3. The van der Waals surface area contributed by atoms with Crippen LogP contribution in [0.1, 0.15) is 52.0 Å². The molecule has 0 spiro atoms. The second-order valence-electron chi connectivity index (χ2n) is 6.21. The minimum Gasteiger partial charge on any atom is -0.357 e. The van der Waals surface area contributed by atoms with Crippen LogP contribution in [-0.4, -0.2) is 33.3 Å². The molecule has 0 bridgehead atoms. The van der Waals surface area contributed by atoms with Gasteiger partial charge in [0.15, 0.2) is 11.8 Å². The molecule has 0 aromatic carbocycles. The predicted octanol–water partition coefficient (Wildman–Crippen LogP) is 3.29. The average molecular weight is 342 g/mol. The summed E-state index contributed by atoms with van der Waals surface area (Å²) in [6.45, 7) is 7.98. The zero-order valence-electron chi connectivity index (χ0n) is 15.6. The molecule has 0 aliphatic rings. The fourth-order valence-corrected chi connectivity index (χ4v) is 2.58. The van der Waals surface area contributed by atoms with Gasteiger partial charge in [-0.1, -0.05) is 26.2 Å². The Labute approximate surface area is 150 Å². The van der Waals surface area contributed by atoms with E-state index >= 15 is 0 Å². The highest BCUT2D eigenvalue weighted by Crippen LogP contribution is 2.08. The fraction of sp³-hybridized carbons (Fsp3) is 0.526. The summed E-state index contributed by atoms with van der Waals surface area (Å²) in [7, 11) is 0. The molecule has 0 aliphatic heterocycles. The molecule has 136 valence electrons. The van der Waals surface area contributed by atoms with E-state index in [1.54, 1.807) is 17.1 Å². The molecule has 1 atom stereocenters. The molecule has 0 saturated carbocycles. The molecule has 2 N–H and O–H groups in total. The van der Waals surface area contributed by atoms with Gasteiger partial charge in [0, 0.05) is 31.2 Å². The summed E-state index contributed by atoms with van der Waals surface area (Å²) in [5, 5.41) is 11.0. The molecule has 0 radical (unpaired) electrons. The summed E-state index contributed by atoms with van der Waals surface area (Å²) in [5.41, 5.74) is 1.11. The van der Waals surface area contributed by atoms with E-state index in [1.807, 2.05) is 24.4 Å². The van der Waals surface area contributed by atoms with Gasteiger partial charge in [0.05, 0.1) is 6.54 Å². The fourth-order valence-electron chi connectivity index (χ4n) is 2.58. The smallest absolute Gasteiger partial charge is 0.191 e. The van der Waals surface area contributed by atoms with Crippen LogP contribution in [0.3, 0.4) is 0 Å². The number of hydrogen-bond donors (Lipinski definition) is 2.